The number of ether oxygens (including phenoxy) is 2. The molecule has 4 nitrogen and oxygen atoms in total. The van der Waals surface area contributed by atoms with Gasteiger partial charge in [0.25, 0.3) is 0 Å². The van der Waals surface area contributed by atoms with E-state index in [1.807, 2.05) is 13.8 Å². The van der Waals surface area contributed by atoms with Crippen LogP contribution in [0.25, 0.3) is 0 Å². The standard InChI is InChI=1S/C11H15NO3/c1-8(2)15-7-10-5-4-9(6-12-10)11(13)14-3/h4-6,8H,7H2,1-3H3. The van der Waals surface area contributed by atoms with Crippen LogP contribution in [-0.4, -0.2) is 24.2 Å². The fourth-order valence-corrected chi connectivity index (χ4v) is 1.00. The third kappa shape index (κ3) is 3.67. The van der Waals surface area contributed by atoms with Crippen molar-refractivity contribution >= 4 is 5.97 Å². The Morgan fingerprint density at radius 1 is 1.47 bits per heavy atom. The fourth-order valence-electron chi connectivity index (χ4n) is 1.00. The van der Waals surface area contributed by atoms with Crippen LogP contribution >= 0.6 is 0 Å². The van der Waals surface area contributed by atoms with Gasteiger partial charge in [0.05, 0.1) is 31.1 Å². The van der Waals surface area contributed by atoms with Gasteiger partial charge in [0, 0.05) is 6.20 Å². The van der Waals surface area contributed by atoms with Crippen LogP contribution in [0.3, 0.4) is 0 Å². The third-order valence-corrected chi connectivity index (χ3v) is 1.81. The summed E-state index contributed by atoms with van der Waals surface area (Å²) >= 11 is 0. The summed E-state index contributed by atoms with van der Waals surface area (Å²) in [4.78, 5) is 15.2. The van der Waals surface area contributed by atoms with Gasteiger partial charge >= 0.3 is 5.97 Å². The van der Waals surface area contributed by atoms with Gasteiger partial charge in [0.2, 0.25) is 0 Å². The number of rotatable bonds is 4. The number of methoxy groups -OCH3 is 1. The van der Waals surface area contributed by atoms with Crippen LogP contribution in [-0.2, 0) is 16.1 Å². The van der Waals surface area contributed by atoms with Crippen LogP contribution < -0.4 is 0 Å². The molecule has 0 unspecified atom stereocenters. The third-order valence-electron chi connectivity index (χ3n) is 1.81. The van der Waals surface area contributed by atoms with E-state index in [0.717, 1.165) is 5.69 Å². The van der Waals surface area contributed by atoms with E-state index in [9.17, 15) is 4.79 Å². The molecule has 0 fully saturated rings. The largest absolute Gasteiger partial charge is 0.465 e. The smallest absolute Gasteiger partial charge is 0.339 e. The number of nitrogens with zero attached hydrogens (tertiary/aromatic N) is 1. The molecule has 0 aliphatic rings. The van der Waals surface area contributed by atoms with E-state index in [-0.39, 0.29) is 12.1 Å². The van der Waals surface area contributed by atoms with Gasteiger partial charge in [-0.1, -0.05) is 0 Å². The SMILES string of the molecule is COC(=O)c1ccc(COC(C)C)nc1. The molecule has 15 heavy (non-hydrogen) atoms. The summed E-state index contributed by atoms with van der Waals surface area (Å²) in [6, 6.07) is 3.44. The van der Waals surface area contributed by atoms with E-state index in [1.165, 1.54) is 13.3 Å². The fraction of sp³-hybridized carbons (Fsp3) is 0.455. The molecule has 0 aliphatic carbocycles. The van der Waals surface area contributed by atoms with Gasteiger partial charge in [0.1, 0.15) is 0 Å². The topological polar surface area (TPSA) is 48.4 Å². The molecular weight excluding hydrogens is 194 g/mol. The summed E-state index contributed by atoms with van der Waals surface area (Å²) in [6.07, 6.45) is 1.66. The maximum Gasteiger partial charge on any atom is 0.339 e. The molecule has 1 aromatic rings. The van der Waals surface area contributed by atoms with Crippen molar-refractivity contribution in [2.75, 3.05) is 7.11 Å². The molecule has 0 aromatic carbocycles. The molecule has 0 radical (unpaired) electrons. The van der Waals surface area contributed by atoms with Gasteiger partial charge in [-0.15, -0.1) is 0 Å². The zero-order chi connectivity index (χ0) is 11.3. The zero-order valence-electron chi connectivity index (χ0n) is 9.19. The lowest BCUT2D eigenvalue weighted by Crippen LogP contribution is -2.05. The molecule has 0 bridgehead atoms. The van der Waals surface area contributed by atoms with Crippen molar-refractivity contribution in [3.63, 3.8) is 0 Å². The van der Waals surface area contributed by atoms with Crippen molar-refractivity contribution in [3.05, 3.63) is 29.6 Å². The van der Waals surface area contributed by atoms with E-state index in [0.29, 0.717) is 12.2 Å². The first-order valence-electron chi connectivity index (χ1n) is 4.78. The number of carbonyl (C=O) groups is 1. The first kappa shape index (κ1) is 11.7. The molecular formula is C11H15NO3. The van der Waals surface area contributed by atoms with Crippen LogP contribution in [0, 0.1) is 0 Å². The summed E-state index contributed by atoms with van der Waals surface area (Å²) in [5.74, 6) is -0.376. The average molecular weight is 209 g/mol. The number of esters is 1. The van der Waals surface area contributed by atoms with Crippen molar-refractivity contribution in [2.45, 2.75) is 26.6 Å². The van der Waals surface area contributed by atoms with Crippen LogP contribution in [0.5, 0.6) is 0 Å². The molecule has 1 aromatic heterocycles. The molecule has 0 aliphatic heterocycles. The highest BCUT2D eigenvalue weighted by Gasteiger charge is 2.05. The molecule has 0 amide bonds. The Bertz CT molecular complexity index is 319. The first-order valence-corrected chi connectivity index (χ1v) is 4.78. The molecule has 0 N–H and O–H groups in total. The molecule has 82 valence electrons. The van der Waals surface area contributed by atoms with E-state index in [4.69, 9.17) is 4.74 Å². The number of hydrogen-bond acceptors (Lipinski definition) is 4. The van der Waals surface area contributed by atoms with Crippen LogP contribution in [0.1, 0.15) is 29.9 Å². The molecule has 1 rings (SSSR count). The first-order chi connectivity index (χ1) is 7.13. The number of aromatic nitrogens is 1. The second kappa shape index (κ2) is 5.46. The summed E-state index contributed by atoms with van der Waals surface area (Å²) in [7, 11) is 1.35. The average Bonchev–Trinajstić information content (AvgIpc) is 2.26. The van der Waals surface area contributed by atoms with E-state index in [2.05, 4.69) is 9.72 Å². The summed E-state index contributed by atoms with van der Waals surface area (Å²) < 4.78 is 9.94. The Morgan fingerprint density at radius 2 is 2.20 bits per heavy atom. The maximum absolute atomic E-state index is 11.1. The predicted molar refractivity (Wildman–Crippen MR) is 55.5 cm³/mol. The van der Waals surface area contributed by atoms with Crippen LogP contribution in [0.2, 0.25) is 0 Å². The Kier molecular flexibility index (Phi) is 4.24. The highest BCUT2D eigenvalue weighted by Crippen LogP contribution is 2.04. The Morgan fingerprint density at radius 3 is 2.67 bits per heavy atom. The highest BCUT2D eigenvalue weighted by molar-refractivity contribution is 5.88. The minimum absolute atomic E-state index is 0.173. The Hall–Kier alpha value is -1.42. The van der Waals surface area contributed by atoms with Crippen molar-refractivity contribution in [2.24, 2.45) is 0 Å². The van der Waals surface area contributed by atoms with E-state index in [1.54, 1.807) is 12.1 Å². The number of hydrogen-bond donors (Lipinski definition) is 0. The molecule has 1 heterocycles. The molecule has 0 atom stereocenters. The molecule has 0 saturated carbocycles. The van der Waals surface area contributed by atoms with E-state index < -0.39 is 0 Å². The molecule has 0 saturated heterocycles. The maximum atomic E-state index is 11.1. The normalized spacial score (nSPS) is 10.4. The van der Waals surface area contributed by atoms with Crippen molar-refractivity contribution < 1.29 is 14.3 Å². The number of pyridine rings is 1. The summed E-state index contributed by atoms with van der Waals surface area (Å²) in [6.45, 7) is 4.38. The lowest BCUT2D eigenvalue weighted by molar-refractivity contribution is 0.0594. The Labute approximate surface area is 89.2 Å². The second-order valence-corrected chi connectivity index (χ2v) is 3.39. The quantitative estimate of drug-likeness (QED) is 0.709. The monoisotopic (exact) mass is 209 g/mol. The molecule has 4 heteroatoms. The van der Waals surface area contributed by atoms with Gasteiger partial charge in [-0.05, 0) is 26.0 Å². The van der Waals surface area contributed by atoms with Gasteiger partial charge in [0.15, 0.2) is 0 Å². The number of carbonyl (C=O) groups excluding carboxylic acids is 1. The second-order valence-electron chi connectivity index (χ2n) is 3.39. The minimum Gasteiger partial charge on any atom is -0.465 e. The minimum atomic E-state index is -0.376. The van der Waals surface area contributed by atoms with Gasteiger partial charge in [-0.25, -0.2) is 4.79 Å². The van der Waals surface area contributed by atoms with E-state index >= 15 is 0 Å². The lowest BCUT2D eigenvalue weighted by atomic mass is 10.2. The van der Waals surface area contributed by atoms with Gasteiger partial charge in [-0.2, -0.15) is 0 Å². The van der Waals surface area contributed by atoms with Crippen molar-refractivity contribution in [3.8, 4) is 0 Å². The lowest BCUT2D eigenvalue weighted by Gasteiger charge is -2.06. The zero-order valence-corrected chi connectivity index (χ0v) is 9.19. The van der Waals surface area contributed by atoms with Gasteiger partial charge < -0.3 is 9.47 Å². The summed E-state index contributed by atoms with van der Waals surface area (Å²) in [5.41, 5.74) is 1.25. The predicted octanol–water partition coefficient (Wildman–Crippen LogP) is 1.79. The Balaban J connectivity index is 2.60. The van der Waals surface area contributed by atoms with Gasteiger partial charge in [-0.3, -0.25) is 4.98 Å². The molecule has 0 spiro atoms. The van der Waals surface area contributed by atoms with Crippen LogP contribution in [0.4, 0.5) is 0 Å². The highest BCUT2D eigenvalue weighted by atomic mass is 16.5. The summed E-state index contributed by atoms with van der Waals surface area (Å²) in [5, 5.41) is 0. The van der Waals surface area contributed by atoms with Crippen LogP contribution in [0.15, 0.2) is 18.3 Å². The van der Waals surface area contributed by atoms with Crippen molar-refractivity contribution in [1.82, 2.24) is 4.98 Å². The van der Waals surface area contributed by atoms with Crippen molar-refractivity contribution in [1.29, 1.82) is 0 Å².